The summed E-state index contributed by atoms with van der Waals surface area (Å²) in [5.41, 5.74) is 1.08. The minimum Gasteiger partial charge on any atom is -0.375 e. The van der Waals surface area contributed by atoms with E-state index in [9.17, 15) is 0 Å². The third kappa shape index (κ3) is 1.41. The minimum absolute atomic E-state index is 0.0892. The van der Waals surface area contributed by atoms with Crippen molar-refractivity contribution in [2.75, 3.05) is 31.3 Å². The average molecular weight is 220 g/mol. The Morgan fingerprint density at radius 1 is 1.50 bits per heavy atom. The predicted molar refractivity (Wildman–Crippen MR) is 60.5 cm³/mol. The number of hydrogen-bond acceptors (Lipinski definition) is 4. The number of nitrogens with zero attached hydrogens (tertiary/aromatic N) is 2. The second-order valence-corrected chi connectivity index (χ2v) is 4.49. The molecule has 86 valence electrons. The predicted octanol–water partition coefficient (Wildman–Crippen LogP) is 1.08. The van der Waals surface area contributed by atoms with Gasteiger partial charge in [0, 0.05) is 12.7 Å². The Morgan fingerprint density at radius 3 is 3.00 bits per heavy atom. The van der Waals surface area contributed by atoms with Crippen molar-refractivity contribution in [3.05, 3.63) is 24.5 Å². The Kier molecular flexibility index (Phi) is 2.33. The van der Waals surface area contributed by atoms with Gasteiger partial charge in [-0.05, 0) is 19.1 Å². The first-order valence-corrected chi connectivity index (χ1v) is 5.70. The van der Waals surface area contributed by atoms with E-state index in [0.717, 1.165) is 13.2 Å². The van der Waals surface area contributed by atoms with Crippen LogP contribution in [0.5, 0.6) is 0 Å². The van der Waals surface area contributed by atoms with Crippen molar-refractivity contribution < 1.29 is 9.47 Å². The molecule has 2 aliphatic heterocycles. The smallest absolute Gasteiger partial charge is 0.134 e. The van der Waals surface area contributed by atoms with Gasteiger partial charge in [-0.2, -0.15) is 0 Å². The molecule has 0 bridgehead atoms. The van der Waals surface area contributed by atoms with Crippen LogP contribution in [0.2, 0.25) is 0 Å². The Hall–Kier alpha value is -1.13. The highest BCUT2D eigenvalue weighted by molar-refractivity contribution is 5.46. The van der Waals surface area contributed by atoms with E-state index in [-0.39, 0.29) is 5.60 Å². The molecule has 0 radical (unpaired) electrons. The van der Waals surface area contributed by atoms with E-state index in [2.05, 4.69) is 22.9 Å². The average Bonchev–Trinajstić information content (AvgIpc) is 2.28. The number of morpholine rings is 1. The van der Waals surface area contributed by atoms with Crippen LogP contribution in [-0.2, 0) is 9.47 Å². The highest BCUT2D eigenvalue weighted by Crippen LogP contribution is 2.34. The lowest BCUT2D eigenvalue weighted by Crippen LogP contribution is -2.68. The summed E-state index contributed by atoms with van der Waals surface area (Å²) in [6.07, 6.45) is 3.71. The zero-order valence-corrected chi connectivity index (χ0v) is 9.43. The Bertz CT molecular complexity index is 365. The number of hydrogen-bond donors (Lipinski definition) is 0. The van der Waals surface area contributed by atoms with Gasteiger partial charge in [-0.1, -0.05) is 0 Å². The molecule has 0 N–H and O–H groups in total. The first-order valence-electron chi connectivity index (χ1n) is 5.70. The van der Waals surface area contributed by atoms with E-state index >= 15 is 0 Å². The van der Waals surface area contributed by atoms with E-state index in [1.54, 1.807) is 6.20 Å². The molecular formula is C12H16N2O2. The maximum atomic E-state index is 5.88. The van der Waals surface area contributed by atoms with Crippen molar-refractivity contribution in [3.63, 3.8) is 0 Å². The van der Waals surface area contributed by atoms with Gasteiger partial charge < -0.3 is 14.4 Å². The summed E-state index contributed by atoms with van der Waals surface area (Å²) in [7, 11) is 0. The number of pyridine rings is 1. The van der Waals surface area contributed by atoms with Crippen LogP contribution < -0.4 is 4.90 Å². The molecule has 2 saturated heterocycles. The number of ether oxygens (including phenoxy) is 2. The van der Waals surface area contributed by atoms with Gasteiger partial charge >= 0.3 is 0 Å². The van der Waals surface area contributed by atoms with Gasteiger partial charge in [-0.3, -0.25) is 4.98 Å². The Balaban J connectivity index is 1.85. The second-order valence-electron chi connectivity index (χ2n) is 4.49. The highest BCUT2D eigenvalue weighted by atomic mass is 16.6. The Morgan fingerprint density at radius 2 is 2.38 bits per heavy atom. The zero-order chi connectivity index (χ0) is 11.0. The van der Waals surface area contributed by atoms with Crippen LogP contribution in [-0.4, -0.2) is 43.0 Å². The summed E-state index contributed by atoms with van der Waals surface area (Å²) in [5, 5.41) is 0. The fourth-order valence-electron chi connectivity index (χ4n) is 2.45. The van der Waals surface area contributed by atoms with Gasteiger partial charge in [0.05, 0.1) is 37.7 Å². The molecule has 2 aliphatic rings. The lowest BCUT2D eigenvalue weighted by atomic mass is 9.90. The van der Waals surface area contributed by atoms with Crippen LogP contribution in [0, 0.1) is 0 Å². The molecule has 1 aromatic heterocycles. The first kappa shape index (κ1) is 10.1. The molecule has 0 saturated carbocycles. The third-order valence-electron chi connectivity index (χ3n) is 3.62. The first-order chi connectivity index (χ1) is 7.82. The van der Waals surface area contributed by atoms with Crippen molar-refractivity contribution in [1.82, 2.24) is 4.98 Å². The maximum Gasteiger partial charge on any atom is 0.134 e. The monoisotopic (exact) mass is 220 g/mol. The molecule has 2 fully saturated rings. The molecular weight excluding hydrogens is 204 g/mol. The van der Waals surface area contributed by atoms with Crippen LogP contribution >= 0.6 is 0 Å². The standard InChI is InChI=1S/C12H16N2O2/c1-10-12(8-15-9-12)16-6-5-14(10)11-3-2-4-13-7-11/h2-4,7,10H,5-6,8-9H2,1H3/t10-/m0/s1. The second kappa shape index (κ2) is 3.71. The van der Waals surface area contributed by atoms with E-state index in [0.29, 0.717) is 19.3 Å². The van der Waals surface area contributed by atoms with Gasteiger partial charge in [0.1, 0.15) is 5.60 Å². The molecule has 4 nitrogen and oxygen atoms in total. The summed E-state index contributed by atoms with van der Waals surface area (Å²) < 4.78 is 11.2. The summed E-state index contributed by atoms with van der Waals surface area (Å²) in [6, 6.07) is 4.42. The van der Waals surface area contributed by atoms with E-state index in [1.165, 1.54) is 5.69 Å². The van der Waals surface area contributed by atoms with E-state index in [1.807, 2.05) is 12.3 Å². The molecule has 0 amide bonds. The topological polar surface area (TPSA) is 34.6 Å². The molecule has 0 unspecified atom stereocenters. The van der Waals surface area contributed by atoms with Crippen LogP contribution in [0.25, 0.3) is 0 Å². The lowest BCUT2D eigenvalue weighted by molar-refractivity contribution is -0.227. The van der Waals surface area contributed by atoms with Crippen LogP contribution in [0.4, 0.5) is 5.69 Å². The summed E-state index contributed by atoms with van der Waals surface area (Å²) in [4.78, 5) is 6.53. The summed E-state index contributed by atoms with van der Waals surface area (Å²) in [5.74, 6) is 0. The van der Waals surface area contributed by atoms with Crippen LogP contribution in [0.15, 0.2) is 24.5 Å². The third-order valence-corrected chi connectivity index (χ3v) is 3.62. The van der Waals surface area contributed by atoms with Crippen LogP contribution in [0.1, 0.15) is 6.92 Å². The van der Waals surface area contributed by atoms with E-state index < -0.39 is 0 Å². The fourth-order valence-corrected chi connectivity index (χ4v) is 2.45. The van der Waals surface area contributed by atoms with E-state index in [4.69, 9.17) is 9.47 Å². The molecule has 1 aromatic rings. The van der Waals surface area contributed by atoms with Gasteiger partial charge in [0.2, 0.25) is 0 Å². The fraction of sp³-hybridized carbons (Fsp3) is 0.583. The lowest BCUT2D eigenvalue weighted by Gasteiger charge is -2.53. The van der Waals surface area contributed by atoms with Gasteiger partial charge in [-0.25, -0.2) is 0 Å². The Labute approximate surface area is 95.2 Å². The SMILES string of the molecule is C[C@@H]1N(c2cccnc2)CCOC12COC2. The molecule has 3 rings (SSSR count). The quantitative estimate of drug-likeness (QED) is 0.709. The highest BCUT2D eigenvalue weighted by Gasteiger charge is 2.49. The molecule has 16 heavy (non-hydrogen) atoms. The minimum atomic E-state index is -0.0892. The maximum absolute atomic E-state index is 5.88. The molecule has 3 heterocycles. The largest absolute Gasteiger partial charge is 0.375 e. The summed E-state index contributed by atoms with van der Waals surface area (Å²) in [6.45, 7) is 5.32. The van der Waals surface area contributed by atoms with Crippen molar-refractivity contribution >= 4 is 5.69 Å². The van der Waals surface area contributed by atoms with Gasteiger partial charge in [0.15, 0.2) is 0 Å². The van der Waals surface area contributed by atoms with Gasteiger partial charge in [0.25, 0.3) is 0 Å². The molecule has 0 aliphatic carbocycles. The van der Waals surface area contributed by atoms with Gasteiger partial charge in [-0.15, -0.1) is 0 Å². The number of rotatable bonds is 1. The molecule has 4 heteroatoms. The zero-order valence-electron chi connectivity index (χ0n) is 9.43. The molecule has 1 atom stereocenters. The normalized spacial score (nSPS) is 27.8. The molecule has 0 aromatic carbocycles. The van der Waals surface area contributed by atoms with Crippen molar-refractivity contribution in [1.29, 1.82) is 0 Å². The van der Waals surface area contributed by atoms with Crippen LogP contribution in [0.3, 0.4) is 0 Å². The summed E-state index contributed by atoms with van der Waals surface area (Å²) >= 11 is 0. The van der Waals surface area contributed by atoms with Crippen molar-refractivity contribution in [3.8, 4) is 0 Å². The van der Waals surface area contributed by atoms with Crippen molar-refractivity contribution in [2.24, 2.45) is 0 Å². The number of aromatic nitrogens is 1. The molecule has 1 spiro atoms. The number of anilines is 1. The van der Waals surface area contributed by atoms with Crippen molar-refractivity contribution in [2.45, 2.75) is 18.6 Å².